The van der Waals surface area contributed by atoms with Gasteiger partial charge in [0.05, 0.1) is 23.8 Å². The van der Waals surface area contributed by atoms with Gasteiger partial charge in [0.25, 0.3) is 0 Å². The molecule has 25 heavy (non-hydrogen) atoms. The van der Waals surface area contributed by atoms with Crippen molar-refractivity contribution in [2.24, 2.45) is 0 Å². The van der Waals surface area contributed by atoms with Crippen molar-refractivity contribution in [3.05, 3.63) is 66.0 Å². The van der Waals surface area contributed by atoms with Gasteiger partial charge >= 0.3 is 0 Å². The van der Waals surface area contributed by atoms with E-state index in [9.17, 15) is 4.79 Å². The molecule has 0 unspecified atom stereocenters. The molecule has 0 aliphatic rings. The molecule has 7 nitrogen and oxygen atoms in total. The Labute approximate surface area is 148 Å². The Morgan fingerprint density at radius 1 is 1.32 bits per heavy atom. The number of fused-ring (bicyclic) bond motifs is 1. The summed E-state index contributed by atoms with van der Waals surface area (Å²) in [6.45, 7) is 1.97. The summed E-state index contributed by atoms with van der Waals surface area (Å²) in [6, 6.07) is 7.79. The number of rotatable bonds is 5. The third-order valence-corrected chi connectivity index (χ3v) is 4.71. The van der Waals surface area contributed by atoms with Gasteiger partial charge in [-0.2, -0.15) is 5.10 Å². The molecule has 1 atom stereocenters. The fourth-order valence-corrected chi connectivity index (χ4v) is 3.38. The second-order valence-electron chi connectivity index (χ2n) is 5.72. The van der Waals surface area contributed by atoms with Gasteiger partial charge in [0.2, 0.25) is 5.91 Å². The van der Waals surface area contributed by atoms with Crippen LogP contribution in [0.2, 0.25) is 0 Å². The second kappa shape index (κ2) is 6.48. The number of benzene rings is 1. The molecule has 0 fully saturated rings. The zero-order chi connectivity index (χ0) is 17.2. The molecule has 4 rings (SSSR count). The van der Waals surface area contributed by atoms with Crippen molar-refractivity contribution in [2.45, 2.75) is 19.4 Å². The van der Waals surface area contributed by atoms with Crippen LogP contribution < -0.4 is 5.32 Å². The molecular weight excluding hydrogens is 336 g/mol. The second-order valence-corrected chi connectivity index (χ2v) is 6.60. The fraction of sp³-hybridized carbons (Fsp3) is 0.176. The van der Waals surface area contributed by atoms with E-state index in [2.05, 4.69) is 20.4 Å². The number of nitrogens with zero attached hydrogens (tertiary/aromatic N) is 5. The van der Waals surface area contributed by atoms with Gasteiger partial charge in [0.1, 0.15) is 12.7 Å². The highest BCUT2D eigenvalue weighted by Gasteiger charge is 2.12. The van der Waals surface area contributed by atoms with Gasteiger partial charge in [0, 0.05) is 17.8 Å². The lowest BCUT2D eigenvalue weighted by Gasteiger charge is -2.14. The van der Waals surface area contributed by atoms with E-state index in [4.69, 9.17) is 0 Å². The summed E-state index contributed by atoms with van der Waals surface area (Å²) in [5.41, 5.74) is 2.74. The monoisotopic (exact) mass is 352 g/mol. The van der Waals surface area contributed by atoms with E-state index in [1.165, 1.54) is 6.33 Å². The van der Waals surface area contributed by atoms with Crippen LogP contribution in [0.25, 0.3) is 10.6 Å². The average Bonchev–Trinajstić information content (AvgIpc) is 3.32. The largest absolute Gasteiger partial charge is 0.349 e. The maximum atomic E-state index is 12.3. The summed E-state index contributed by atoms with van der Waals surface area (Å²) in [5, 5.41) is 9.08. The van der Waals surface area contributed by atoms with Crippen LogP contribution in [0, 0.1) is 0 Å². The Morgan fingerprint density at radius 2 is 2.16 bits per heavy atom. The summed E-state index contributed by atoms with van der Waals surface area (Å²) in [6.07, 6.45) is 7.25. The Kier molecular flexibility index (Phi) is 4.02. The number of hydrogen-bond acceptors (Lipinski definition) is 5. The number of nitrogens with one attached hydrogen (secondary N) is 1. The molecule has 0 radical (unpaired) electrons. The fourth-order valence-electron chi connectivity index (χ4n) is 2.66. The maximum absolute atomic E-state index is 12.3. The Morgan fingerprint density at radius 3 is 2.88 bits per heavy atom. The summed E-state index contributed by atoms with van der Waals surface area (Å²) in [5.74, 6) is -0.0430. The Balaban J connectivity index is 1.39. The van der Waals surface area contributed by atoms with Crippen LogP contribution in [0.3, 0.4) is 0 Å². The summed E-state index contributed by atoms with van der Waals surface area (Å²) >= 11 is 1.55. The molecule has 1 N–H and O–H groups in total. The first-order valence-corrected chi connectivity index (χ1v) is 8.72. The molecule has 8 heteroatoms. The first kappa shape index (κ1) is 15.5. The first-order chi connectivity index (χ1) is 12.2. The molecule has 0 saturated carbocycles. The minimum Gasteiger partial charge on any atom is -0.349 e. The van der Waals surface area contributed by atoms with E-state index in [-0.39, 0.29) is 18.4 Å². The van der Waals surface area contributed by atoms with Crippen LogP contribution in [-0.2, 0) is 11.2 Å². The van der Waals surface area contributed by atoms with Crippen molar-refractivity contribution < 1.29 is 4.79 Å². The molecule has 3 aromatic heterocycles. The topological polar surface area (TPSA) is 77.1 Å². The maximum Gasteiger partial charge on any atom is 0.226 e. The summed E-state index contributed by atoms with van der Waals surface area (Å²) < 4.78 is 3.62. The predicted octanol–water partition coefficient (Wildman–Crippen LogP) is 2.40. The molecule has 1 amide bonds. The quantitative estimate of drug-likeness (QED) is 0.598. The van der Waals surface area contributed by atoms with Gasteiger partial charge in [-0.3, -0.25) is 9.20 Å². The predicted molar refractivity (Wildman–Crippen MR) is 94.7 cm³/mol. The van der Waals surface area contributed by atoms with E-state index in [0.717, 1.165) is 21.9 Å². The molecular formula is C17H16N6OS. The summed E-state index contributed by atoms with van der Waals surface area (Å²) in [7, 11) is 0. The number of imidazole rings is 1. The molecule has 1 aromatic carbocycles. The average molecular weight is 352 g/mol. The minimum atomic E-state index is -0.0824. The van der Waals surface area contributed by atoms with E-state index >= 15 is 0 Å². The van der Waals surface area contributed by atoms with Crippen LogP contribution in [0.15, 0.2) is 54.7 Å². The Hall–Kier alpha value is -3.00. The molecule has 0 aliphatic heterocycles. The number of carbonyl (C=O) groups excluding carboxylic acids is 1. The third-order valence-electron chi connectivity index (χ3n) is 3.94. The molecule has 0 spiro atoms. The molecule has 126 valence electrons. The van der Waals surface area contributed by atoms with Gasteiger partial charge in [-0.05, 0) is 24.6 Å². The number of hydrogen-bond donors (Lipinski definition) is 1. The smallest absolute Gasteiger partial charge is 0.226 e. The van der Waals surface area contributed by atoms with Crippen LogP contribution >= 0.6 is 11.3 Å². The molecule has 4 aromatic rings. The van der Waals surface area contributed by atoms with Gasteiger partial charge in [-0.25, -0.2) is 14.6 Å². The lowest BCUT2D eigenvalue weighted by molar-refractivity contribution is -0.121. The highest BCUT2D eigenvalue weighted by atomic mass is 32.1. The summed E-state index contributed by atoms with van der Waals surface area (Å²) in [4.78, 5) is 21.5. The third kappa shape index (κ3) is 3.29. The van der Waals surface area contributed by atoms with Crippen molar-refractivity contribution in [2.75, 3.05) is 0 Å². The van der Waals surface area contributed by atoms with Crippen LogP contribution in [0.5, 0.6) is 0 Å². The van der Waals surface area contributed by atoms with E-state index < -0.39 is 0 Å². The zero-order valence-electron chi connectivity index (χ0n) is 13.5. The highest BCUT2D eigenvalue weighted by Crippen LogP contribution is 2.16. The van der Waals surface area contributed by atoms with Crippen molar-refractivity contribution in [3.63, 3.8) is 0 Å². The van der Waals surface area contributed by atoms with Crippen LogP contribution in [-0.4, -0.2) is 30.1 Å². The normalized spacial score (nSPS) is 12.4. The van der Waals surface area contributed by atoms with Gasteiger partial charge in [-0.1, -0.05) is 12.1 Å². The van der Waals surface area contributed by atoms with Gasteiger partial charge in [0.15, 0.2) is 4.96 Å². The lowest BCUT2D eigenvalue weighted by atomic mass is 10.1. The Bertz CT molecular complexity index is 957. The van der Waals surface area contributed by atoms with Crippen molar-refractivity contribution in [1.82, 2.24) is 29.5 Å². The first-order valence-electron chi connectivity index (χ1n) is 7.84. The van der Waals surface area contributed by atoms with E-state index in [1.807, 2.05) is 53.4 Å². The minimum absolute atomic E-state index is 0.0430. The van der Waals surface area contributed by atoms with E-state index in [0.29, 0.717) is 0 Å². The SMILES string of the molecule is C[C@H](NC(=O)Cc1cn2ccsc2n1)c1ccc(-n2cncn2)cc1. The molecule has 0 bridgehead atoms. The lowest BCUT2D eigenvalue weighted by Crippen LogP contribution is -2.28. The molecule has 0 aliphatic carbocycles. The van der Waals surface area contributed by atoms with E-state index in [1.54, 1.807) is 22.3 Å². The van der Waals surface area contributed by atoms with Crippen LogP contribution in [0.1, 0.15) is 24.2 Å². The van der Waals surface area contributed by atoms with Gasteiger partial charge in [-0.15, -0.1) is 11.3 Å². The molecule has 0 saturated heterocycles. The molecule has 3 heterocycles. The van der Waals surface area contributed by atoms with Gasteiger partial charge < -0.3 is 5.32 Å². The van der Waals surface area contributed by atoms with Crippen molar-refractivity contribution in [3.8, 4) is 5.69 Å². The van der Waals surface area contributed by atoms with Crippen molar-refractivity contribution >= 4 is 22.2 Å². The number of aromatic nitrogens is 5. The zero-order valence-corrected chi connectivity index (χ0v) is 14.3. The van der Waals surface area contributed by atoms with Crippen LogP contribution in [0.4, 0.5) is 0 Å². The standard InChI is InChI=1S/C17H16N6OS/c1-12(13-2-4-15(5-3-13)23-11-18-10-19-23)20-16(24)8-14-9-22-6-7-25-17(22)21-14/h2-7,9-12H,8H2,1H3,(H,20,24)/t12-/m0/s1. The van der Waals surface area contributed by atoms with Crippen molar-refractivity contribution in [1.29, 1.82) is 0 Å². The highest BCUT2D eigenvalue weighted by molar-refractivity contribution is 7.15. The number of thiazole rings is 1. The number of carbonyl (C=O) groups is 1. The number of amides is 1.